The van der Waals surface area contributed by atoms with Gasteiger partial charge in [-0.25, -0.2) is 0 Å². The van der Waals surface area contributed by atoms with E-state index in [-0.39, 0.29) is 48.4 Å². The highest BCUT2D eigenvalue weighted by Gasteiger charge is 2.32. The van der Waals surface area contributed by atoms with Crippen molar-refractivity contribution in [2.45, 2.75) is 38.1 Å². The van der Waals surface area contributed by atoms with Crippen LogP contribution < -0.4 is 16.0 Å². The van der Waals surface area contributed by atoms with Crippen molar-refractivity contribution < 1.29 is 9.59 Å². The Bertz CT molecular complexity index is 678. The Morgan fingerprint density at radius 2 is 2.07 bits per heavy atom. The van der Waals surface area contributed by atoms with Crippen LogP contribution in [0.2, 0.25) is 0 Å². The number of pyridine rings is 1. The van der Waals surface area contributed by atoms with E-state index in [1.807, 2.05) is 4.90 Å². The molecule has 28 heavy (non-hydrogen) atoms. The first-order valence-electron chi connectivity index (χ1n) is 9.61. The number of rotatable bonds is 5. The van der Waals surface area contributed by atoms with Crippen molar-refractivity contribution in [2.24, 2.45) is 10.9 Å². The highest BCUT2D eigenvalue weighted by Crippen LogP contribution is 2.27. The van der Waals surface area contributed by atoms with Gasteiger partial charge in [0, 0.05) is 38.3 Å². The Hall–Kier alpha value is -1.91. The van der Waals surface area contributed by atoms with Crippen LogP contribution in [0.15, 0.2) is 29.5 Å². The minimum absolute atomic E-state index is 0. The molecule has 2 heterocycles. The lowest BCUT2D eigenvalue weighted by atomic mass is 10.1. The van der Waals surface area contributed by atoms with Gasteiger partial charge in [-0.1, -0.05) is 12.8 Å². The summed E-state index contributed by atoms with van der Waals surface area (Å²) in [5, 5.41) is 9.10. The van der Waals surface area contributed by atoms with Crippen LogP contribution in [0.4, 0.5) is 5.69 Å². The van der Waals surface area contributed by atoms with Gasteiger partial charge in [-0.2, -0.15) is 0 Å². The van der Waals surface area contributed by atoms with Crippen molar-refractivity contribution >= 4 is 47.4 Å². The molecule has 1 atom stereocenters. The van der Waals surface area contributed by atoms with Crippen molar-refractivity contribution in [3.05, 3.63) is 24.5 Å². The van der Waals surface area contributed by atoms with Crippen molar-refractivity contribution in [2.75, 3.05) is 32.0 Å². The monoisotopic (exact) mass is 500 g/mol. The maximum Gasteiger partial charge on any atom is 0.243 e. The third-order valence-corrected chi connectivity index (χ3v) is 5.13. The molecule has 8 nitrogen and oxygen atoms in total. The van der Waals surface area contributed by atoms with E-state index in [4.69, 9.17) is 0 Å². The number of nitrogens with zero attached hydrogens (tertiary/aromatic N) is 3. The van der Waals surface area contributed by atoms with E-state index in [2.05, 4.69) is 25.9 Å². The molecular weight excluding hydrogens is 471 g/mol. The smallest absolute Gasteiger partial charge is 0.243 e. The molecule has 154 valence electrons. The fourth-order valence-electron chi connectivity index (χ4n) is 3.70. The summed E-state index contributed by atoms with van der Waals surface area (Å²) in [5.41, 5.74) is 0.657. The number of carbonyl (C=O) groups excluding carboxylic acids is 2. The number of anilines is 1. The second-order valence-corrected chi connectivity index (χ2v) is 7.11. The molecule has 1 unspecified atom stereocenters. The van der Waals surface area contributed by atoms with Crippen LogP contribution in [0.1, 0.15) is 32.1 Å². The number of nitrogens with one attached hydrogen (secondary N) is 3. The van der Waals surface area contributed by atoms with Crippen LogP contribution in [0, 0.1) is 5.92 Å². The topological polar surface area (TPSA) is 98.7 Å². The van der Waals surface area contributed by atoms with E-state index in [0.29, 0.717) is 24.1 Å². The van der Waals surface area contributed by atoms with Gasteiger partial charge in [0.05, 0.1) is 18.4 Å². The van der Waals surface area contributed by atoms with Gasteiger partial charge in [0.1, 0.15) is 0 Å². The number of carbonyl (C=O) groups is 2. The Labute approximate surface area is 183 Å². The molecule has 1 aromatic heterocycles. The molecule has 1 saturated carbocycles. The molecule has 2 aliphatic rings. The number of aromatic nitrogens is 1. The van der Waals surface area contributed by atoms with E-state index in [9.17, 15) is 9.59 Å². The summed E-state index contributed by atoms with van der Waals surface area (Å²) in [4.78, 5) is 34.7. The standard InChI is InChI=1S/C19H28N6O2.HI/c1-20-19(22-12-17(26)23-15-7-4-9-21-11-15)24-16-8-10-25(13-16)18(27)14-5-2-3-6-14;/h4,7,9,11,14,16H,2-3,5-6,8,10,12-13H2,1H3,(H,23,26)(H2,20,22,24);1H. The lowest BCUT2D eigenvalue weighted by Gasteiger charge is -2.21. The third kappa shape index (κ3) is 6.32. The molecule has 2 amide bonds. The highest BCUT2D eigenvalue weighted by molar-refractivity contribution is 14.0. The van der Waals surface area contributed by atoms with Crippen molar-refractivity contribution in [3.8, 4) is 0 Å². The van der Waals surface area contributed by atoms with Crippen LogP contribution >= 0.6 is 24.0 Å². The molecule has 1 aliphatic carbocycles. The maximum atomic E-state index is 12.5. The summed E-state index contributed by atoms with van der Waals surface area (Å²) < 4.78 is 0. The number of aliphatic imine (C=N–C) groups is 1. The normalized spacial score (nSPS) is 19.8. The van der Waals surface area contributed by atoms with Crippen LogP contribution in [-0.4, -0.2) is 60.4 Å². The number of hydrogen-bond acceptors (Lipinski definition) is 4. The molecule has 0 bridgehead atoms. The fraction of sp³-hybridized carbons (Fsp3) is 0.579. The minimum Gasteiger partial charge on any atom is -0.352 e. The van der Waals surface area contributed by atoms with E-state index in [0.717, 1.165) is 25.8 Å². The molecule has 2 fully saturated rings. The first-order valence-corrected chi connectivity index (χ1v) is 9.61. The van der Waals surface area contributed by atoms with Gasteiger partial charge < -0.3 is 20.9 Å². The van der Waals surface area contributed by atoms with Gasteiger partial charge in [0.15, 0.2) is 5.96 Å². The number of likely N-dealkylation sites (tertiary alicyclic amines) is 1. The summed E-state index contributed by atoms with van der Waals surface area (Å²) in [7, 11) is 1.67. The van der Waals surface area contributed by atoms with E-state index >= 15 is 0 Å². The van der Waals surface area contributed by atoms with Gasteiger partial charge in [0.2, 0.25) is 11.8 Å². The quantitative estimate of drug-likeness (QED) is 0.324. The van der Waals surface area contributed by atoms with Crippen LogP contribution in [0.5, 0.6) is 0 Å². The Balaban J connectivity index is 0.00000280. The summed E-state index contributed by atoms with van der Waals surface area (Å²) in [6.07, 6.45) is 8.54. The van der Waals surface area contributed by atoms with Crippen LogP contribution in [0.25, 0.3) is 0 Å². The predicted molar refractivity (Wildman–Crippen MR) is 120 cm³/mol. The molecule has 9 heteroatoms. The van der Waals surface area contributed by atoms with Gasteiger partial charge in [-0.15, -0.1) is 24.0 Å². The molecule has 0 aromatic carbocycles. The van der Waals surface area contributed by atoms with Crippen molar-refractivity contribution in [3.63, 3.8) is 0 Å². The van der Waals surface area contributed by atoms with Gasteiger partial charge in [0.25, 0.3) is 0 Å². The summed E-state index contributed by atoms with van der Waals surface area (Å²) in [5.74, 6) is 0.917. The first kappa shape index (κ1) is 22.4. The predicted octanol–water partition coefficient (Wildman–Crippen LogP) is 1.59. The van der Waals surface area contributed by atoms with E-state index in [1.165, 1.54) is 12.8 Å². The van der Waals surface area contributed by atoms with Gasteiger partial charge >= 0.3 is 0 Å². The van der Waals surface area contributed by atoms with Gasteiger partial charge in [-0.3, -0.25) is 19.6 Å². The van der Waals surface area contributed by atoms with E-state index in [1.54, 1.807) is 31.6 Å². The molecule has 3 N–H and O–H groups in total. The SMILES string of the molecule is CN=C(NCC(=O)Nc1cccnc1)NC1CCN(C(=O)C2CCCC2)C1.I. The summed E-state index contributed by atoms with van der Waals surface area (Å²) in [6, 6.07) is 3.71. The fourth-order valence-corrected chi connectivity index (χ4v) is 3.70. The Kier molecular flexibility index (Phi) is 8.94. The second kappa shape index (κ2) is 11.2. The Morgan fingerprint density at radius 1 is 1.29 bits per heavy atom. The molecule has 0 radical (unpaired) electrons. The van der Waals surface area contributed by atoms with Crippen LogP contribution in [0.3, 0.4) is 0 Å². The molecule has 3 rings (SSSR count). The van der Waals surface area contributed by atoms with E-state index < -0.39 is 0 Å². The first-order chi connectivity index (χ1) is 13.2. The van der Waals surface area contributed by atoms with Crippen LogP contribution in [-0.2, 0) is 9.59 Å². The average Bonchev–Trinajstić information content (AvgIpc) is 3.37. The molecule has 1 aromatic rings. The van der Waals surface area contributed by atoms with Crippen molar-refractivity contribution in [1.82, 2.24) is 20.5 Å². The molecule has 0 spiro atoms. The lowest BCUT2D eigenvalue weighted by molar-refractivity contribution is -0.134. The second-order valence-electron chi connectivity index (χ2n) is 7.11. The molecular formula is C19H29IN6O2. The zero-order chi connectivity index (χ0) is 19.1. The van der Waals surface area contributed by atoms with Gasteiger partial charge in [-0.05, 0) is 31.4 Å². The average molecular weight is 500 g/mol. The molecule has 1 aliphatic heterocycles. The summed E-state index contributed by atoms with van der Waals surface area (Å²) in [6.45, 7) is 1.58. The Morgan fingerprint density at radius 3 is 2.75 bits per heavy atom. The third-order valence-electron chi connectivity index (χ3n) is 5.13. The summed E-state index contributed by atoms with van der Waals surface area (Å²) >= 11 is 0. The van der Waals surface area contributed by atoms with Crippen molar-refractivity contribution in [1.29, 1.82) is 0 Å². The zero-order valence-electron chi connectivity index (χ0n) is 16.2. The molecule has 1 saturated heterocycles. The highest BCUT2D eigenvalue weighted by atomic mass is 127. The number of amides is 2. The maximum absolute atomic E-state index is 12.5. The number of guanidine groups is 1. The minimum atomic E-state index is -0.171. The number of halogens is 1. The largest absolute Gasteiger partial charge is 0.352 e. The number of hydrogen-bond donors (Lipinski definition) is 3. The zero-order valence-corrected chi connectivity index (χ0v) is 18.5. The lowest BCUT2D eigenvalue weighted by Crippen LogP contribution is -2.47.